The average molecular weight is 405 g/mol. The fraction of sp³-hybridized carbons (Fsp3) is 0.385. The van der Waals surface area contributed by atoms with Gasteiger partial charge in [0.25, 0.3) is 0 Å². The number of unbranched alkanes of at least 4 members (excludes halogenated alkanes) is 1. The van der Waals surface area contributed by atoms with E-state index in [9.17, 15) is 0 Å². The summed E-state index contributed by atoms with van der Waals surface area (Å²) in [5.41, 5.74) is 7.15. The van der Waals surface area contributed by atoms with Gasteiger partial charge in [-0.1, -0.05) is 54.4 Å². The van der Waals surface area contributed by atoms with Gasteiger partial charge in [0.2, 0.25) is 0 Å². The average Bonchev–Trinajstić information content (AvgIpc) is 3.35. The second-order valence-electron chi connectivity index (χ2n) is 8.60. The van der Waals surface area contributed by atoms with Crippen LogP contribution in [0, 0.1) is 0 Å². The topological polar surface area (TPSA) is 19.0 Å². The number of halogens is 1. The highest BCUT2D eigenvalue weighted by Crippen LogP contribution is 2.36. The van der Waals surface area contributed by atoms with Crippen LogP contribution >= 0.6 is 11.6 Å². The Balaban J connectivity index is 1.12. The Hall–Kier alpha value is -2.03. The smallest absolute Gasteiger partial charge is 0.0475 e. The zero-order valence-corrected chi connectivity index (χ0v) is 17.7. The first-order valence-corrected chi connectivity index (χ1v) is 11.4. The van der Waals surface area contributed by atoms with Gasteiger partial charge in [0, 0.05) is 40.8 Å². The monoisotopic (exact) mass is 404 g/mol. The molecule has 1 aliphatic carbocycles. The molecule has 0 fully saturated rings. The molecule has 2 nitrogen and oxygen atoms in total. The van der Waals surface area contributed by atoms with E-state index in [-0.39, 0.29) is 0 Å². The molecule has 1 N–H and O–H groups in total. The van der Waals surface area contributed by atoms with Crippen LogP contribution in [0.2, 0.25) is 5.02 Å². The molecular formula is C26H29ClN2. The number of aromatic amines is 1. The van der Waals surface area contributed by atoms with Crippen molar-refractivity contribution in [3.8, 4) is 0 Å². The van der Waals surface area contributed by atoms with Crippen molar-refractivity contribution in [1.82, 2.24) is 9.88 Å². The van der Waals surface area contributed by atoms with Crippen molar-refractivity contribution in [2.75, 3.05) is 19.6 Å². The number of hydrogen-bond acceptors (Lipinski definition) is 1. The highest BCUT2D eigenvalue weighted by Gasteiger charge is 2.21. The van der Waals surface area contributed by atoms with Crippen LogP contribution in [-0.2, 0) is 6.42 Å². The van der Waals surface area contributed by atoms with E-state index in [4.69, 9.17) is 11.6 Å². The van der Waals surface area contributed by atoms with Gasteiger partial charge in [-0.05, 0) is 73.4 Å². The highest BCUT2D eigenvalue weighted by atomic mass is 35.5. The zero-order chi connectivity index (χ0) is 19.6. The van der Waals surface area contributed by atoms with E-state index in [1.54, 1.807) is 11.1 Å². The lowest BCUT2D eigenvalue weighted by Crippen LogP contribution is -2.29. The summed E-state index contributed by atoms with van der Waals surface area (Å²) < 4.78 is 0. The molecule has 1 aromatic heterocycles. The van der Waals surface area contributed by atoms with Crippen LogP contribution in [0.15, 0.2) is 54.7 Å². The van der Waals surface area contributed by atoms with E-state index >= 15 is 0 Å². The Labute approximate surface area is 178 Å². The lowest BCUT2D eigenvalue weighted by Gasteiger charge is -2.26. The van der Waals surface area contributed by atoms with Gasteiger partial charge in [-0.15, -0.1) is 0 Å². The third-order valence-corrected chi connectivity index (χ3v) is 7.05. The van der Waals surface area contributed by atoms with E-state index in [0.717, 1.165) is 29.4 Å². The molecule has 3 heteroatoms. The zero-order valence-electron chi connectivity index (χ0n) is 17.0. The number of hydrogen-bond donors (Lipinski definition) is 1. The minimum absolute atomic E-state index is 0.788. The summed E-state index contributed by atoms with van der Waals surface area (Å²) in [6, 6.07) is 15.2. The third-order valence-electron chi connectivity index (χ3n) is 6.82. The van der Waals surface area contributed by atoms with Gasteiger partial charge in [-0.25, -0.2) is 0 Å². The molecule has 2 aromatic carbocycles. The van der Waals surface area contributed by atoms with E-state index in [1.807, 2.05) is 12.1 Å². The van der Waals surface area contributed by atoms with Gasteiger partial charge in [-0.3, -0.25) is 4.90 Å². The summed E-state index contributed by atoms with van der Waals surface area (Å²) in [6.45, 7) is 3.46. The maximum Gasteiger partial charge on any atom is 0.0475 e. The molecule has 2 heterocycles. The molecule has 2 aliphatic rings. The minimum atomic E-state index is 0.788. The minimum Gasteiger partial charge on any atom is -0.361 e. The molecule has 0 amide bonds. The second kappa shape index (κ2) is 8.38. The summed E-state index contributed by atoms with van der Waals surface area (Å²) in [7, 11) is 0. The van der Waals surface area contributed by atoms with Gasteiger partial charge in [-0.2, -0.15) is 0 Å². The molecule has 1 aliphatic heterocycles. The number of benzene rings is 2. The predicted octanol–water partition coefficient (Wildman–Crippen LogP) is 6.81. The molecule has 0 bridgehead atoms. The molecular weight excluding hydrogens is 376 g/mol. The quantitative estimate of drug-likeness (QED) is 0.447. The van der Waals surface area contributed by atoms with Crippen LogP contribution in [0.25, 0.3) is 16.5 Å². The second-order valence-corrected chi connectivity index (χ2v) is 9.04. The number of H-pyrrole nitrogens is 1. The Morgan fingerprint density at radius 1 is 1.07 bits per heavy atom. The molecule has 1 unspecified atom stereocenters. The van der Waals surface area contributed by atoms with Crippen LogP contribution in [0.5, 0.6) is 0 Å². The van der Waals surface area contributed by atoms with Crippen LogP contribution in [0.4, 0.5) is 0 Å². The molecule has 1 atom stereocenters. The van der Waals surface area contributed by atoms with Crippen molar-refractivity contribution >= 4 is 28.1 Å². The Bertz CT molecular complexity index is 1030. The number of fused-ring (bicyclic) bond motifs is 2. The van der Waals surface area contributed by atoms with Gasteiger partial charge in [0.1, 0.15) is 0 Å². The fourth-order valence-corrected chi connectivity index (χ4v) is 5.37. The Kier molecular flexibility index (Phi) is 5.48. The number of rotatable bonds is 6. The van der Waals surface area contributed by atoms with Gasteiger partial charge < -0.3 is 4.98 Å². The fourth-order valence-electron chi connectivity index (χ4n) is 5.19. The van der Waals surface area contributed by atoms with Crippen LogP contribution < -0.4 is 0 Å². The summed E-state index contributed by atoms with van der Waals surface area (Å²) >= 11 is 6.12. The van der Waals surface area contributed by atoms with Crippen LogP contribution in [0.1, 0.15) is 54.7 Å². The molecule has 0 saturated heterocycles. The van der Waals surface area contributed by atoms with Crippen LogP contribution in [0.3, 0.4) is 0 Å². The molecule has 150 valence electrons. The Morgan fingerprint density at radius 2 is 2.00 bits per heavy atom. The van der Waals surface area contributed by atoms with Crippen molar-refractivity contribution in [1.29, 1.82) is 0 Å². The maximum atomic E-state index is 6.12. The van der Waals surface area contributed by atoms with E-state index in [1.165, 1.54) is 61.7 Å². The van der Waals surface area contributed by atoms with Gasteiger partial charge in [0.05, 0.1) is 0 Å². The SMILES string of the molecule is Clc1ccc2c(C3=CCN(CCCCC4CCc5ccccc54)CC3)c[nH]c2c1. The van der Waals surface area contributed by atoms with Crippen molar-refractivity contribution in [2.24, 2.45) is 0 Å². The summed E-state index contributed by atoms with van der Waals surface area (Å²) in [5.74, 6) is 0.800. The van der Waals surface area contributed by atoms with Crippen molar-refractivity contribution in [3.63, 3.8) is 0 Å². The maximum absolute atomic E-state index is 6.12. The number of nitrogens with one attached hydrogen (secondary N) is 1. The Morgan fingerprint density at radius 3 is 2.90 bits per heavy atom. The molecule has 0 saturated carbocycles. The molecule has 0 radical (unpaired) electrons. The summed E-state index contributed by atoms with van der Waals surface area (Å²) in [5, 5.41) is 2.07. The first-order chi connectivity index (χ1) is 14.3. The number of aromatic nitrogens is 1. The van der Waals surface area contributed by atoms with Crippen molar-refractivity contribution < 1.29 is 0 Å². The largest absolute Gasteiger partial charge is 0.361 e. The van der Waals surface area contributed by atoms with E-state index < -0.39 is 0 Å². The van der Waals surface area contributed by atoms with E-state index in [2.05, 4.69) is 52.5 Å². The normalized spacial score (nSPS) is 19.5. The van der Waals surface area contributed by atoms with Crippen molar-refractivity contribution in [3.05, 3.63) is 76.5 Å². The summed E-state index contributed by atoms with van der Waals surface area (Å²) in [6.07, 6.45) is 12.3. The lowest BCUT2D eigenvalue weighted by atomic mass is 9.95. The predicted molar refractivity (Wildman–Crippen MR) is 124 cm³/mol. The van der Waals surface area contributed by atoms with Gasteiger partial charge >= 0.3 is 0 Å². The lowest BCUT2D eigenvalue weighted by molar-refractivity contribution is 0.292. The third kappa shape index (κ3) is 4.01. The molecule has 5 rings (SSSR count). The number of aryl methyl sites for hydroxylation is 1. The summed E-state index contributed by atoms with van der Waals surface area (Å²) in [4.78, 5) is 5.98. The standard InChI is InChI=1S/C26H29ClN2/c27-22-10-11-24-25(18-28-26(24)17-22)21-12-15-29(16-13-21)14-4-3-6-20-9-8-19-5-1-2-7-23(19)20/h1-2,5,7,10-12,17-18,20,28H,3-4,6,8-9,13-16H2. The first-order valence-electron chi connectivity index (χ1n) is 11.0. The molecule has 29 heavy (non-hydrogen) atoms. The number of nitrogens with zero attached hydrogens (tertiary/aromatic N) is 1. The first kappa shape index (κ1) is 19.0. The molecule has 0 spiro atoms. The van der Waals surface area contributed by atoms with Crippen LogP contribution in [-0.4, -0.2) is 29.5 Å². The van der Waals surface area contributed by atoms with Gasteiger partial charge in [0.15, 0.2) is 0 Å². The molecule has 3 aromatic rings. The van der Waals surface area contributed by atoms with E-state index in [0.29, 0.717) is 0 Å². The highest BCUT2D eigenvalue weighted by molar-refractivity contribution is 6.31. The van der Waals surface area contributed by atoms with Crippen molar-refractivity contribution in [2.45, 2.75) is 44.4 Å².